The Morgan fingerprint density at radius 3 is 2.41 bits per heavy atom. The highest BCUT2D eigenvalue weighted by atomic mass is 19.4. The first-order valence-corrected chi connectivity index (χ1v) is 10.4. The van der Waals surface area contributed by atoms with Crippen molar-refractivity contribution < 1.29 is 31.9 Å². The van der Waals surface area contributed by atoms with Gasteiger partial charge in [0.1, 0.15) is 0 Å². The first-order valence-electron chi connectivity index (χ1n) is 10.4. The number of ether oxygens (including phenoxy) is 1. The SMILES string of the molecule is O=C(CN1CCOC2(CCN(C(=O)c3ccco3)CC2)C1)Nc1ccc(C(F)(F)F)cc1. The van der Waals surface area contributed by atoms with E-state index < -0.39 is 17.3 Å². The molecule has 1 aromatic carbocycles. The lowest BCUT2D eigenvalue weighted by Crippen LogP contribution is -2.58. The Kier molecular flexibility index (Phi) is 6.25. The number of benzene rings is 1. The second-order valence-electron chi connectivity index (χ2n) is 8.13. The lowest BCUT2D eigenvalue weighted by atomic mass is 9.89. The number of carbonyl (C=O) groups is 2. The van der Waals surface area contributed by atoms with Crippen LogP contribution in [0.25, 0.3) is 0 Å². The molecule has 2 aliphatic rings. The van der Waals surface area contributed by atoms with Gasteiger partial charge in [0.25, 0.3) is 5.91 Å². The van der Waals surface area contributed by atoms with Crippen molar-refractivity contribution in [1.29, 1.82) is 0 Å². The molecule has 3 heterocycles. The lowest BCUT2D eigenvalue weighted by molar-refractivity contribution is -0.139. The van der Waals surface area contributed by atoms with Gasteiger partial charge in [-0.15, -0.1) is 0 Å². The number of hydrogen-bond donors (Lipinski definition) is 1. The molecule has 0 radical (unpaired) electrons. The van der Waals surface area contributed by atoms with Gasteiger partial charge < -0.3 is 19.4 Å². The monoisotopic (exact) mass is 451 g/mol. The maximum atomic E-state index is 12.7. The summed E-state index contributed by atoms with van der Waals surface area (Å²) in [5.41, 5.74) is -0.870. The smallest absolute Gasteiger partial charge is 0.416 e. The maximum absolute atomic E-state index is 12.7. The topological polar surface area (TPSA) is 75.0 Å². The molecule has 32 heavy (non-hydrogen) atoms. The predicted molar refractivity (Wildman–Crippen MR) is 109 cm³/mol. The summed E-state index contributed by atoms with van der Waals surface area (Å²) in [7, 11) is 0. The van der Waals surface area contributed by atoms with Gasteiger partial charge >= 0.3 is 6.18 Å². The summed E-state index contributed by atoms with van der Waals surface area (Å²) in [5, 5.41) is 2.64. The van der Waals surface area contributed by atoms with E-state index in [4.69, 9.17) is 9.15 Å². The highest BCUT2D eigenvalue weighted by molar-refractivity contribution is 5.92. The number of amides is 2. The van der Waals surface area contributed by atoms with Gasteiger partial charge in [0.15, 0.2) is 5.76 Å². The van der Waals surface area contributed by atoms with Gasteiger partial charge in [-0.2, -0.15) is 13.2 Å². The minimum absolute atomic E-state index is 0.112. The molecular formula is C22H24F3N3O4. The van der Waals surface area contributed by atoms with Gasteiger partial charge in [0.05, 0.1) is 30.6 Å². The molecule has 2 amide bonds. The van der Waals surface area contributed by atoms with Crippen molar-refractivity contribution in [1.82, 2.24) is 9.80 Å². The molecule has 2 saturated heterocycles. The van der Waals surface area contributed by atoms with Gasteiger partial charge in [-0.25, -0.2) is 0 Å². The average molecular weight is 451 g/mol. The summed E-state index contributed by atoms with van der Waals surface area (Å²) >= 11 is 0. The number of alkyl halides is 3. The van der Waals surface area contributed by atoms with Crippen molar-refractivity contribution in [3.63, 3.8) is 0 Å². The van der Waals surface area contributed by atoms with Crippen molar-refractivity contribution in [2.24, 2.45) is 0 Å². The number of morpholine rings is 1. The summed E-state index contributed by atoms with van der Waals surface area (Å²) in [6.07, 6.45) is -1.65. The largest absolute Gasteiger partial charge is 0.459 e. The Hall–Kier alpha value is -2.85. The molecule has 0 unspecified atom stereocenters. The Morgan fingerprint density at radius 2 is 1.78 bits per heavy atom. The van der Waals surface area contributed by atoms with E-state index in [1.54, 1.807) is 17.0 Å². The Morgan fingerprint density at radius 1 is 1.06 bits per heavy atom. The number of likely N-dealkylation sites (tertiary alicyclic amines) is 1. The first kappa shape index (κ1) is 22.3. The molecule has 7 nitrogen and oxygen atoms in total. The Bertz CT molecular complexity index is 936. The highest BCUT2D eigenvalue weighted by Crippen LogP contribution is 2.31. The van der Waals surface area contributed by atoms with E-state index in [-0.39, 0.29) is 18.4 Å². The van der Waals surface area contributed by atoms with Crippen molar-refractivity contribution in [2.75, 3.05) is 44.6 Å². The fourth-order valence-electron chi connectivity index (χ4n) is 4.18. The van der Waals surface area contributed by atoms with Crippen LogP contribution in [0.4, 0.5) is 18.9 Å². The number of nitrogens with zero attached hydrogens (tertiary/aromatic N) is 2. The normalized spacial score (nSPS) is 19.2. The van der Waals surface area contributed by atoms with Crippen LogP contribution in [0, 0.1) is 0 Å². The molecule has 0 aliphatic carbocycles. The number of anilines is 1. The molecule has 0 saturated carbocycles. The quantitative estimate of drug-likeness (QED) is 0.773. The lowest BCUT2D eigenvalue weighted by Gasteiger charge is -2.47. The molecule has 10 heteroatoms. The molecule has 1 spiro atoms. The summed E-state index contributed by atoms with van der Waals surface area (Å²) in [4.78, 5) is 28.6. The number of nitrogens with one attached hydrogen (secondary N) is 1. The van der Waals surface area contributed by atoms with Crippen LogP contribution in [0.3, 0.4) is 0 Å². The third-order valence-corrected chi connectivity index (χ3v) is 5.88. The number of carbonyl (C=O) groups excluding carboxylic acids is 2. The van der Waals surface area contributed by atoms with Crippen LogP contribution in [0.2, 0.25) is 0 Å². The zero-order chi connectivity index (χ0) is 22.8. The maximum Gasteiger partial charge on any atom is 0.416 e. The zero-order valence-corrected chi connectivity index (χ0v) is 17.4. The van der Waals surface area contributed by atoms with Crippen LogP contribution in [0.1, 0.15) is 29.0 Å². The predicted octanol–water partition coefficient (Wildman–Crippen LogP) is 3.24. The second-order valence-corrected chi connectivity index (χ2v) is 8.13. The van der Waals surface area contributed by atoms with Crippen LogP contribution < -0.4 is 5.32 Å². The van der Waals surface area contributed by atoms with E-state index >= 15 is 0 Å². The van der Waals surface area contributed by atoms with Crippen LogP contribution in [0.5, 0.6) is 0 Å². The molecule has 4 rings (SSSR count). The summed E-state index contributed by atoms with van der Waals surface area (Å²) < 4.78 is 49.3. The van der Waals surface area contributed by atoms with Crippen molar-refractivity contribution >= 4 is 17.5 Å². The average Bonchev–Trinajstić information content (AvgIpc) is 3.28. The molecule has 2 aromatic rings. The molecule has 172 valence electrons. The molecule has 1 N–H and O–H groups in total. The van der Waals surface area contributed by atoms with Gasteiger partial charge in [-0.05, 0) is 49.2 Å². The third kappa shape index (κ3) is 5.13. The van der Waals surface area contributed by atoms with Crippen LogP contribution in [-0.2, 0) is 15.7 Å². The number of rotatable bonds is 4. The zero-order valence-electron chi connectivity index (χ0n) is 17.4. The molecule has 0 bridgehead atoms. The van der Waals surface area contributed by atoms with Gasteiger partial charge in [-0.1, -0.05) is 0 Å². The molecule has 2 aliphatic heterocycles. The van der Waals surface area contributed by atoms with E-state index in [0.29, 0.717) is 57.1 Å². The van der Waals surface area contributed by atoms with E-state index in [2.05, 4.69) is 5.32 Å². The minimum Gasteiger partial charge on any atom is -0.459 e. The number of piperidine rings is 1. The van der Waals surface area contributed by atoms with E-state index in [9.17, 15) is 22.8 Å². The fourth-order valence-corrected chi connectivity index (χ4v) is 4.18. The van der Waals surface area contributed by atoms with Gasteiger partial charge in [-0.3, -0.25) is 14.5 Å². The first-order chi connectivity index (χ1) is 15.2. The standard InChI is InChI=1S/C22H24F3N3O4/c23-22(24,25)16-3-5-17(6-4-16)26-19(29)14-27-11-13-32-21(15-27)7-9-28(10-8-21)20(30)18-2-1-12-31-18/h1-6,12H,7-11,13-15H2,(H,26,29). The summed E-state index contributed by atoms with van der Waals surface area (Å²) in [6, 6.07) is 7.69. The summed E-state index contributed by atoms with van der Waals surface area (Å²) in [5.74, 6) is -0.132. The van der Waals surface area contributed by atoms with Crippen molar-refractivity contribution in [3.05, 3.63) is 54.0 Å². The number of furan rings is 1. The summed E-state index contributed by atoms with van der Waals surface area (Å²) in [6.45, 7) is 2.78. The third-order valence-electron chi connectivity index (χ3n) is 5.88. The van der Waals surface area contributed by atoms with Gasteiger partial charge in [0.2, 0.25) is 5.91 Å². The van der Waals surface area contributed by atoms with Crippen molar-refractivity contribution in [2.45, 2.75) is 24.6 Å². The van der Waals surface area contributed by atoms with Crippen LogP contribution in [-0.4, -0.2) is 66.5 Å². The fraction of sp³-hybridized carbons (Fsp3) is 0.455. The number of hydrogen-bond acceptors (Lipinski definition) is 5. The van der Waals surface area contributed by atoms with E-state index in [0.717, 1.165) is 12.1 Å². The molecule has 0 atom stereocenters. The highest BCUT2D eigenvalue weighted by Gasteiger charge is 2.41. The second kappa shape index (κ2) is 8.95. The minimum atomic E-state index is -4.41. The van der Waals surface area contributed by atoms with E-state index in [1.165, 1.54) is 18.4 Å². The molecular weight excluding hydrogens is 427 g/mol. The molecule has 2 fully saturated rings. The Balaban J connectivity index is 1.28. The Labute approximate surface area is 183 Å². The van der Waals surface area contributed by atoms with Crippen molar-refractivity contribution in [3.8, 4) is 0 Å². The van der Waals surface area contributed by atoms with E-state index in [1.807, 2.05) is 4.90 Å². The number of halogens is 3. The van der Waals surface area contributed by atoms with Crippen LogP contribution in [0.15, 0.2) is 47.1 Å². The van der Waals surface area contributed by atoms with Gasteiger partial charge in [0, 0.05) is 31.9 Å². The molecule has 1 aromatic heterocycles. The van der Waals surface area contributed by atoms with Crippen LogP contribution >= 0.6 is 0 Å².